The van der Waals surface area contributed by atoms with E-state index >= 15 is 0 Å². The van der Waals surface area contributed by atoms with Crippen molar-refractivity contribution in [2.75, 3.05) is 11.9 Å². The number of esters is 1. The van der Waals surface area contributed by atoms with Gasteiger partial charge in [-0.15, -0.1) is 5.10 Å². The molecule has 0 spiro atoms. The molecule has 0 unspecified atom stereocenters. The van der Waals surface area contributed by atoms with Crippen LogP contribution < -0.4 is 5.32 Å². The summed E-state index contributed by atoms with van der Waals surface area (Å²) in [6, 6.07) is 12.1. The van der Waals surface area contributed by atoms with Crippen LogP contribution in [0.2, 0.25) is 0 Å². The minimum absolute atomic E-state index is 0.297. The summed E-state index contributed by atoms with van der Waals surface area (Å²) in [4.78, 5) is 24.2. The van der Waals surface area contributed by atoms with Crippen LogP contribution in [0.4, 0.5) is 5.69 Å². The molecule has 3 rings (SSSR count). The molecule has 0 saturated carbocycles. The number of carbonyl (C=O) groups excluding carboxylic acids is 2. The smallest absolute Gasteiger partial charge is 0.338 e. The third kappa shape index (κ3) is 4.31. The van der Waals surface area contributed by atoms with Crippen molar-refractivity contribution in [2.45, 2.75) is 6.92 Å². The molecule has 1 N–H and O–H groups in total. The van der Waals surface area contributed by atoms with E-state index in [0.29, 0.717) is 16.9 Å². The van der Waals surface area contributed by atoms with Crippen molar-refractivity contribution in [2.24, 2.45) is 0 Å². The fraction of sp³-hybridized carbons (Fsp3) is 0.118. The topological polar surface area (TPSA) is 99.0 Å². The standard InChI is InChI=1S/C17H14BrN5O3/c1-11-7-13(18)5-6-15(11)20-16(24)9-26-17(25)12-3-2-4-14(8-12)23-10-19-21-22-23/h2-8,10H,9H2,1H3,(H,20,24). The quantitative estimate of drug-likeness (QED) is 0.642. The first-order chi connectivity index (χ1) is 12.5. The second-order valence-corrected chi connectivity index (χ2v) is 6.30. The number of aromatic nitrogens is 4. The molecular weight excluding hydrogens is 402 g/mol. The Bertz CT molecular complexity index is 943. The summed E-state index contributed by atoms with van der Waals surface area (Å²) in [6.45, 7) is 1.49. The number of carbonyl (C=O) groups is 2. The van der Waals surface area contributed by atoms with E-state index in [9.17, 15) is 9.59 Å². The molecule has 1 aromatic heterocycles. The molecule has 0 atom stereocenters. The van der Waals surface area contributed by atoms with Crippen LogP contribution in [0.25, 0.3) is 5.69 Å². The molecule has 0 fully saturated rings. The van der Waals surface area contributed by atoms with Crippen molar-refractivity contribution in [1.29, 1.82) is 0 Å². The van der Waals surface area contributed by atoms with Gasteiger partial charge in [0.2, 0.25) is 0 Å². The van der Waals surface area contributed by atoms with Gasteiger partial charge in [0.1, 0.15) is 6.33 Å². The average molecular weight is 416 g/mol. The zero-order valence-electron chi connectivity index (χ0n) is 13.7. The summed E-state index contributed by atoms with van der Waals surface area (Å²) >= 11 is 3.36. The Balaban J connectivity index is 1.60. The maximum absolute atomic E-state index is 12.2. The summed E-state index contributed by atoms with van der Waals surface area (Å²) in [6.07, 6.45) is 1.42. The third-order valence-corrected chi connectivity index (χ3v) is 3.99. The lowest BCUT2D eigenvalue weighted by Crippen LogP contribution is -2.21. The van der Waals surface area contributed by atoms with E-state index in [1.807, 2.05) is 19.1 Å². The Hall–Kier alpha value is -3.07. The van der Waals surface area contributed by atoms with Crippen LogP contribution in [0.5, 0.6) is 0 Å². The van der Waals surface area contributed by atoms with Crippen molar-refractivity contribution in [3.8, 4) is 5.69 Å². The number of aryl methyl sites for hydroxylation is 1. The minimum Gasteiger partial charge on any atom is -0.452 e. The largest absolute Gasteiger partial charge is 0.452 e. The number of hydrogen-bond donors (Lipinski definition) is 1. The number of ether oxygens (including phenoxy) is 1. The Morgan fingerprint density at radius 1 is 1.23 bits per heavy atom. The van der Waals surface area contributed by atoms with Gasteiger partial charge in [-0.3, -0.25) is 4.79 Å². The van der Waals surface area contributed by atoms with Gasteiger partial charge >= 0.3 is 5.97 Å². The molecule has 2 aromatic carbocycles. The third-order valence-electron chi connectivity index (χ3n) is 3.49. The minimum atomic E-state index is -0.609. The zero-order valence-corrected chi connectivity index (χ0v) is 15.3. The van der Waals surface area contributed by atoms with Crippen molar-refractivity contribution < 1.29 is 14.3 Å². The van der Waals surface area contributed by atoms with Crippen molar-refractivity contribution in [3.63, 3.8) is 0 Å². The number of halogens is 1. The first kappa shape index (κ1) is 17.7. The maximum Gasteiger partial charge on any atom is 0.338 e. The molecular formula is C17H14BrN5O3. The summed E-state index contributed by atoms with van der Waals surface area (Å²) in [5, 5.41) is 13.6. The molecule has 0 aliphatic heterocycles. The Morgan fingerprint density at radius 3 is 2.81 bits per heavy atom. The molecule has 1 heterocycles. The molecule has 1 amide bonds. The van der Waals surface area contributed by atoms with Gasteiger partial charge in [-0.1, -0.05) is 22.0 Å². The summed E-state index contributed by atoms with van der Waals surface area (Å²) in [7, 11) is 0. The van der Waals surface area contributed by atoms with Gasteiger partial charge in [0.25, 0.3) is 5.91 Å². The van der Waals surface area contributed by atoms with E-state index in [1.54, 1.807) is 30.3 Å². The molecule has 26 heavy (non-hydrogen) atoms. The van der Waals surface area contributed by atoms with Crippen LogP contribution in [0.1, 0.15) is 15.9 Å². The van der Waals surface area contributed by atoms with Crippen LogP contribution in [0.3, 0.4) is 0 Å². The van der Waals surface area contributed by atoms with Crippen molar-refractivity contribution >= 4 is 33.5 Å². The number of amides is 1. The Kier molecular flexibility index (Phi) is 5.37. The van der Waals surface area contributed by atoms with Crippen LogP contribution in [0.15, 0.2) is 53.3 Å². The Labute approximate surface area is 157 Å². The number of hydrogen-bond acceptors (Lipinski definition) is 6. The molecule has 3 aromatic rings. The average Bonchev–Trinajstić information content (AvgIpc) is 3.17. The van der Waals surface area contributed by atoms with Gasteiger partial charge in [0, 0.05) is 10.2 Å². The number of anilines is 1. The highest BCUT2D eigenvalue weighted by atomic mass is 79.9. The van der Waals surface area contributed by atoms with Gasteiger partial charge in [0.05, 0.1) is 11.3 Å². The molecule has 0 radical (unpaired) electrons. The van der Waals surface area contributed by atoms with Gasteiger partial charge in [-0.05, 0) is 59.3 Å². The lowest BCUT2D eigenvalue weighted by molar-refractivity contribution is -0.119. The first-order valence-corrected chi connectivity index (χ1v) is 8.39. The second-order valence-electron chi connectivity index (χ2n) is 5.39. The van der Waals surface area contributed by atoms with Gasteiger partial charge < -0.3 is 10.1 Å². The second kappa shape index (κ2) is 7.87. The number of tetrazole rings is 1. The molecule has 0 bridgehead atoms. The summed E-state index contributed by atoms with van der Waals surface area (Å²) < 4.78 is 7.41. The fourth-order valence-corrected chi connectivity index (χ4v) is 2.70. The van der Waals surface area contributed by atoms with Crippen LogP contribution in [0, 0.1) is 6.92 Å². The van der Waals surface area contributed by atoms with Crippen molar-refractivity contribution in [1.82, 2.24) is 20.2 Å². The van der Waals surface area contributed by atoms with Gasteiger partial charge in [-0.25, -0.2) is 9.48 Å². The fourth-order valence-electron chi connectivity index (χ4n) is 2.22. The Morgan fingerprint density at radius 2 is 2.08 bits per heavy atom. The highest BCUT2D eigenvalue weighted by Gasteiger charge is 2.12. The normalized spacial score (nSPS) is 10.4. The summed E-state index contributed by atoms with van der Waals surface area (Å²) in [5.74, 6) is -1.02. The van der Waals surface area contributed by atoms with E-state index in [1.165, 1.54) is 11.0 Å². The van der Waals surface area contributed by atoms with Crippen LogP contribution in [-0.2, 0) is 9.53 Å². The molecule has 132 valence electrons. The predicted molar refractivity (Wildman–Crippen MR) is 96.9 cm³/mol. The molecule has 0 saturated heterocycles. The van der Waals surface area contributed by atoms with E-state index in [0.717, 1.165) is 10.0 Å². The van der Waals surface area contributed by atoms with E-state index in [2.05, 4.69) is 36.8 Å². The first-order valence-electron chi connectivity index (χ1n) is 7.59. The van der Waals surface area contributed by atoms with Gasteiger partial charge in [-0.2, -0.15) is 0 Å². The molecule has 0 aliphatic carbocycles. The SMILES string of the molecule is Cc1cc(Br)ccc1NC(=O)COC(=O)c1cccc(-n2cnnn2)c1. The molecule has 0 aliphatic rings. The van der Waals surface area contributed by atoms with Crippen LogP contribution >= 0.6 is 15.9 Å². The van der Waals surface area contributed by atoms with Gasteiger partial charge in [0.15, 0.2) is 6.61 Å². The summed E-state index contributed by atoms with van der Waals surface area (Å²) in [5.41, 5.74) is 2.47. The predicted octanol–water partition coefficient (Wildman–Crippen LogP) is 2.53. The number of rotatable bonds is 5. The lowest BCUT2D eigenvalue weighted by Gasteiger charge is -2.09. The van der Waals surface area contributed by atoms with E-state index < -0.39 is 11.9 Å². The molecule has 8 nitrogen and oxygen atoms in total. The lowest BCUT2D eigenvalue weighted by atomic mass is 10.2. The van der Waals surface area contributed by atoms with E-state index in [4.69, 9.17) is 4.74 Å². The maximum atomic E-state index is 12.2. The monoisotopic (exact) mass is 415 g/mol. The number of benzene rings is 2. The highest BCUT2D eigenvalue weighted by Crippen LogP contribution is 2.20. The van der Waals surface area contributed by atoms with E-state index in [-0.39, 0.29) is 6.61 Å². The highest BCUT2D eigenvalue weighted by molar-refractivity contribution is 9.10. The number of nitrogens with zero attached hydrogens (tertiary/aromatic N) is 4. The zero-order chi connectivity index (χ0) is 18.5. The van der Waals surface area contributed by atoms with Crippen LogP contribution in [-0.4, -0.2) is 38.7 Å². The molecule has 9 heteroatoms. The number of nitrogens with one attached hydrogen (secondary N) is 1. The van der Waals surface area contributed by atoms with Crippen molar-refractivity contribution in [3.05, 3.63) is 64.4 Å².